The van der Waals surface area contributed by atoms with Crippen molar-refractivity contribution < 1.29 is 19.4 Å². The highest BCUT2D eigenvalue weighted by atomic mass is 16.5. The van der Waals surface area contributed by atoms with E-state index in [0.717, 1.165) is 13.0 Å². The summed E-state index contributed by atoms with van der Waals surface area (Å²) in [6.45, 7) is 6.29. The van der Waals surface area contributed by atoms with Gasteiger partial charge in [0.05, 0.1) is 12.0 Å². The molecule has 0 unspecified atom stereocenters. The van der Waals surface area contributed by atoms with Gasteiger partial charge in [-0.1, -0.05) is 19.6 Å². The molecular weight excluding hydrogens is 262 g/mol. The fourth-order valence-corrected chi connectivity index (χ4v) is 1.62. The van der Waals surface area contributed by atoms with Crippen LogP contribution in [0.3, 0.4) is 0 Å². The first-order chi connectivity index (χ1) is 9.56. The number of rotatable bonds is 8. The summed E-state index contributed by atoms with van der Waals surface area (Å²) in [5, 5.41) is 11.4. The summed E-state index contributed by atoms with van der Waals surface area (Å²) in [6, 6.07) is -1.07. The minimum absolute atomic E-state index is 0.0311. The molecule has 0 fully saturated rings. The number of carbonyl (C=O) groups is 2. The van der Waals surface area contributed by atoms with Crippen LogP contribution in [0.2, 0.25) is 0 Å². The number of carboxylic acids is 1. The van der Waals surface area contributed by atoms with E-state index in [9.17, 15) is 9.59 Å². The van der Waals surface area contributed by atoms with Gasteiger partial charge in [-0.25, -0.2) is 14.6 Å². The monoisotopic (exact) mass is 281 g/mol. The standard InChI is InChI=1S/C13H19N3O4/c1-3-5-16-8-10(14-9-16)7-11(12(17)18)15-13(19)20-6-4-2/h4,8-9,11H,2-3,5-7H2,1H3,(H,15,19)(H,17,18)/t11-/m0/s1. The van der Waals surface area contributed by atoms with Gasteiger partial charge in [-0.05, 0) is 6.42 Å². The molecule has 110 valence electrons. The zero-order valence-electron chi connectivity index (χ0n) is 11.4. The van der Waals surface area contributed by atoms with Gasteiger partial charge in [0.25, 0.3) is 0 Å². The fourth-order valence-electron chi connectivity index (χ4n) is 1.62. The van der Waals surface area contributed by atoms with Gasteiger partial charge in [-0.2, -0.15) is 0 Å². The van der Waals surface area contributed by atoms with Gasteiger partial charge < -0.3 is 19.7 Å². The topological polar surface area (TPSA) is 93.5 Å². The molecule has 1 atom stereocenters. The summed E-state index contributed by atoms with van der Waals surface area (Å²) in [6.07, 6.45) is 5.11. The minimum Gasteiger partial charge on any atom is -0.480 e. The molecule has 1 aromatic rings. The van der Waals surface area contributed by atoms with Crippen molar-refractivity contribution in [2.45, 2.75) is 32.4 Å². The maximum absolute atomic E-state index is 11.3. The quantitative estimate of drug-likeness (QED) is 0.698. The lowest BCUT2D eigenvalue weighted by atomic mass is 10.2. The van der Waals surface area contributed by atoms with Crippen LogP contribution in [0.5, 0.6) is 0 Å². The Hall–Kier alpha value is -2.31. The molecule has 7 nitrogen and oxygen atoms in total. The van der Waals surface area contributed by atoms with Crippen molar-refractivity contribution >= 4 is 12.1 Å². The third kappa shape index (κ3) is 5.13. The van der Waals surface area contributed by atoms with Crippen molar-refractivity contribution in [2.75, 3.05) is 6.61 Å². The maximum Gasteiger partial charge on any atom is 0.408 e. The van der Waals surface area contributed by atoms with Gasteiger partial charge >= 0.3 is 12.1 Å². The number of carbonyl (C=O) groups excluding carboxylic acids is 1. The number of aliphatic carboxylic acids is 1. The number of alkyl carbamates (subject to hydrolysis) is 1. The lowest BCUT2D eigenvalue weighted by molar-refractivity contribution is -0.139. The lowest BCUT2D eigenvalue weighted by Gasteiger charge is -2.12. The second-order valence-electron chi connectivity index (χ2n) is 4.23. The van der Waals surface area contributed by atoms with Crippen molar-refractivity contribution in [1.29, 1.82) is 0 Å². The Morgan fingerprint density at radius 1 is 1.65 bits per heavy atom. The van der Waals surface area contributed by atoms with Crippen molar-refractivity contribution in [2.24, 2.45) is 0 Å². The molecule has 0 bridgehead atoms. The van der Waals surface area contributed by atoms with Crippen LogP contribution < -0.4 is 5.32 Å². The molecule has 1 rings (SSSR count). The van der Waals surface area contributed by atoms with Crippen LogP contribution in [0.4, 0.5) is 4.79 Å². The number of nitrogens with one attached hydrogen (secondary N) is 1. The highest BCUT2D eigenvalue weighted by Gasteiger charge is 2.22. The van der Waals surface area contributed by atoms with E-state index in [0.29, 0.717) is 5.69 Å². The lowest BCUT2D eigenvalue weighted by Crippen LogP contribution is -2.42. The summed E-state index contributed by atoms with van der Waals surface area (Å²) in [7, 11) is 0. The number of amides is 1. The number of carboxylic acid groups (broad SMARTS) is 1. The Labute approximate surface area is 117 Å². The van der Waals surface area contributed by atoms with E-state index >= 15 is 0 Å². The fraction of sp³-hybridized carbons (Fsp3) is 0.462. The molecule has 0 saturated heterocycles. The summed E-state index contributed by atoms with van der Waals surface area (Å²) in [5.41, 5.74) is 0.606. The predicted molar refractivity (Wildman–Crippen MR) is 72.3 cm³/mol. The summed E-state index contributed by atoms with van der Waals surface area (Å²) < 4.78 is 6.58. The number of hydrogen-bond donors (Lipinski definition) is 2. The van der Waals surface area contributed by atoms with Crippen LogP contribution in [-0.4, -0.2) is 39.4 Å². The van der Waals surface area contributed by atoms with Gasteiger partial charge in [-0.15, -0.1) is 0 Å². The Bertz CT molecular complexity index is 470. The normalized spacial score (nSPS) is 11.7. The van der Waals surface area contributed by atoms with Crippen LogP contribution >= 0.6 is 0 Å². The zero-order valence-corrected chi connectivity index (χ0v) is 11.4. The molecule has 2 N–H and O–H groups in total. The second-order valence-corrected chi connectivity index (χ2v) is 4.23. The van der Waals surface area contributed by atoms with E-state index in [-0.39, 0.29) is 13.0 Å². The van der Waals surface area contributed by atoms with Crippen LogP contribution in [0.25, 0.3) is 0 Å². The van der Waals surface area contributed by atoms with Crippen molar-refractivity contribution in [3.63, 3.8) is 0 Å². The molecule has 0 saturated carbocycles. The van der Waals surface area contributed by atoms with Crippen molar-refractivity contribution in [3.05, 3.63) is 30.9 Å². The van der Waals surface area contributed by atoms with E-state index in [4.69, 9.17) is 9.84 Å². The first kappa shape index (κ1) is 15.7. The molecule has 0 spiro atoms. The average Bonchev–Trinajstić information content (AvgIpc) is 2.83. The Kier molecular flexibility index (Phi) is 6.28. The second kappa shape index (κ2) is 7.98. The van der Waals surface area contributed by atoms with Crippen LogP contribution in [0, 0.1) is 0 Å². The number of imidazole rings is 1. The SMILES string of the molecule is C=CCOC(=O)N[C@@H](Cc1cn(CCC)cn1)C(=O)O. The third-order valence-electron chi connectivity index (χ3n) is 2.50. The number of aryl methyl sites for hydroxylation is 1. The average molecular weight is 281 g/mol. The predicted octanol–water partition coefficient (Wildman–Crippen LogP) is 1.20. The number of aromatic nitrogens is 2. The van der Waals surface area contributed by atoms with Crippen LogP contribution in [0.1, 0.15) is 19.0 Å². The number of ether oxygens (including phenoxy) is 1. The Balaban J connectivity index is 2.59. The summed E-state index contributed by atoms with van der Waals surface area (Å²) in [5.74, 6) is -1.13. The zero-order chi connectivity index (χ0) is 15.0. The van der Waals surface area contributed by atoms with Gasteiger partial charge in [0.1, 0.15) is 12.6 Å². The molecule has 7 heteroatoms. The van der Waals surface area contributed by atoms with E-state index < -0.39 is 18.1 Å². The van der Waals surface area contributed by atoms with Gasteiger partial charge in [0.15, 0.2) is 0 Å². The van der Waals surface area contributed by atoms with E-state index in [2.05, 4.69) is 16.9 Å². The van der Waals surface area contributed by atoms with Gasteiger partial charge in [0.2, 0.25) is 0 Å². The number of hydrogen-bond acceptors (Lipinski definition) is 4. The smallest absolute Gasteiger partial charge is 0.408 e. The molecule has 0 aliphatic rings. The van der Waals surface area contributed by atoms with Crippen molar-refractivity contribution in [1.82, 2.24) is 14.9 Å². The first-order valence-corrected chi connectivity index (χ1v) is 6.34. The minimum atomic E-state index is -1.13. The molecule has 0 aliphatic carbocycles. The van der Waals surface area contributed by atoms with E-state index in [1.807, 2.05) is 11.5 Å². The highest BCUT2D eigenvalue weighted by molar-refractivity contribution is 5.80. The highest BCUT2D eigenvalue weighted by Crippen LogP contribution is 2.03. The number of nitrogens with zero attached hydrogens (tertiary/aromatic N) is 2. The van der Waals surface area contributed by atoms with Crippen molar-refractivity contribution in [3.8, 4) is 0 Å². The molecule has 20 heavy (non-hydrogen) atoms. The Morgan fingerprint density at radius 2 is 2.40 bits per heavy atom. The molecular formula is C13H19N3O4. The molecule has 0 aromatic carbocycles. The van der Waals surface area contributed by atoms with E-state index in [1.165, 1.54) is 6.08 Å². The largest absolute Gasteiger partial charge is 0.480 e. The molecule has 1 amide bonds. The van der Waals surface area contributed by atoms with Gasteiger partial charge in [0, 0.05) is 19.2 Å². The summed E-state index contributed by atoms with van der Waals surface area (Å²) >= 11 is 0. The molecule has 0 aliphatic heterocycles. The third-order valence-corrected chi connectivity index (χ3v) is 2.50. The van der Waals surface area contributed by atoms with Crippen LogP contribution in [0.15, 0.2) is 25.2 Å². The molecule has 1 heterocycles. The summed E-state index contributed by atoms with van der Waals surface area (Å²) in [4.78, 5) is 26.6. The van der Waals surface area contributed by atoms with E-state index in [1.54, 1.807) is 12.5 Å². The molecule has 1 aromatic heterocycles. The first-order valence-electron chi connectivity index (χ1n) is 6.34. The Morgan fingerprint density at radius 3 is 3.00 bits per heavy atom. The van der Waals surface area contributed by atoms with Gasteiger partial charge in [-0.3, -0.25) is 0 Å². The molecule has 0 radical (unpaired) electrons. The maximum atomic E-state index is 11.3. The van der Waals surface area contributed by atoms with Crippen LogP contribution in [-0.2, 0) is 22.5 Å².